The van der Waals surface area contributed by atoms with E-state index in [9.17, 15) is 4.79 Å². The molecule has 1 aliphatic heterocycles. The number of hydrogen-bond donors (Lipinski definition) is 1. The first kappa shape index (κ1) is 14.1. The molecule has 1 saturated heterocycles. The van der Waals surface area contributed by atoms with E-state index in [-0.39, 0.29) is 12.2 Å². The number of hydrogen-bond acceptors (Lipinski definition) is 3. The van der Waals surface area contributed by atoms with Crippen molar-refractivity contribution in [3.8, 4) is 0 Å². The molecule has 0 aromatic carbocycles. The zero-order chi connectivity index (χ0) is 14.3. The van der Waals surface area contributed by atoms with Crippen LogP contribution in [0.4, 0.5) is 0 Å². The van der Waals surface area contributed by atoms with Gasteiger partial charge in [0.15, 0.2) is 0 Å². The first-order valence-electron chi connectivity index (χ1n) is 7.76. The molecule has 1 N–H and O–H groups in total. The molecule has 2 fully saturated rings. The summed E-state index contributed by atoms with van der Waals surface area (Å²) in [6.07, 6.45) is 4.63. The van der Waals surface area contributed by atoms with Crippen molar-refractivity contribution in [3.05, 3.63) is 21.9 Å². The second-order valence-corrected chi connectivity index (χ2v) is 7.52. The lowest BCUT2D eigenvalue weighted by Crippen LogP contribution is -2.41. The highest BCUT2D eigenvalue weighted by Crippen LogP contribution is 2.39. The molecule has 3 rings (SSSR count). The van der Waals surface area contributed by atoms with Gasteiger partial charge in [0.25, 0.3) is 0 Å². The van der Waals surface area contributed by atoms with Crippen molar-refractivity contribution in [2.75, 3.05) is 0 Å². The predicted octanol–water partition coefficient (Wildman–Crippen LogP) is 3.45. The summed E-state index contributed by atoms with van der Waals surface area (Å²) in [6.45, 7) is 6.51. The van der Waals surface area contributed by atoms with E-state index in [1.54, 1.807) is 11.3 Å². The lowest BCUT2D eigenvalue weighted by atomic mass is 10.0. The molecular formula is C16H24N2OS. The van der Waals surface area contributed by atoms with Crippen molar-refractivity contribution in [2.24, 2.45) is 5.92 Å². The van der Waals surface area contributed by atoms with Gasteiger partial charge in [-0.1, -0.05) is 20.3 Å². The summed E-state index contributed by atoms with van der Waals surface area (Å²) in [4.78, 5) is 17.5. The van der Waals surface area contributed by atoms with Crippen LogP contribution in [0.15, 0.2) is 12.1 Å². The lowest BCUT2D eigenvalue weighted by molar-refractivity contribution is -0.133. The average molecular weight is 292 g/mol. The fourth-order valence-electron chi connectivity index (χ4n) is 3.66. The van der Waals surface area contributed by atoms with Crippen LogP contribution in [0, 0.1) is 12.8 Å². The fourth-order valence-corrected chi connectivity index (χ4v) is 4.59. The van der Waals surface area contributed by atoms with Gasteiger partial charge in [-0.2, -0.15) is 0 Å². The van der Waals surface area contributed by atoms with Crippen molar-refractivity contribution in [3.63, 3.8) is 0 Å². The Labute approximate surface area is 125 Å². The first-order valence-corrected chi connectivity index (χ1v) is 8.58. The van der Waals surface area contributed by atoms with Crippen LogP contribution in [-0.4, -0.2) is 22.9 Å². The molecule has 1 aromatic rings. The third kappa shape index (κ3) is 2.29. The van der Waals surface area contributed by atoms with Gasteiger partial charge in [-0.25, -0.2) is 0 Å². The highest BCUT2D eigenvalue weighted by atomic mass is 32.1. The van der Waals surface area contributed by atoms with E-state index in [0.717, 1.165) is 12.8 Å². The Morgan fingerprint density at radius 1 is 1.40 bits per heavy atom. The minimum Gasteiger partial charge on any atom is -0.317 e. The maximum Gasteiger partial charge on any atom is 0.241 e. The summed E-state index contributed by atoms with van der Waals surface area (Å²) >= 11 is 1.81. The van der Waals surface area contributed by atoms with Gasteiger partial charge >= 0.3 is 0 Å². The largest absolute Gasteiger partial charge is 0.317 e. The van der Waals surface area contributed by atoms with Crippen LogP contribution >= 0.6 is 11.3 Å². The molecule has 4 unspecified atom stereocenters. The first-order chi connectivity index (χ1) is 9.61. The van der Waals surface area contributed by atoms with Crippen molar-refractivity contribution in [2.45, 2.75) is 64.7 Å². The zero-order valence-corrected chi connectivity index (χ0v) is 13.4. The summed E-state index contributed by atoms with van der Waals surface area (Å²) in [7, 11) is 0. The van der Waals surface area contributed by atoms with Crippen LogP contribution in [-0.2, 0) is 4.79 Å². The van der Waals surface area contributed by atoms with Gasteiger partial charge < -0.3 is 4.90 Å². The van der Waals surface area contributed by atoms with Gasteiger partial charge in [0.1, 0.15) is 6.17 Å². The van der Waals surface area contributed by atoms with Gasteiger partial charge in [-0.05, 0) is 44.2 Å². The second-order valence-electron chi connectivity index (χ2n) is 6.20. The van der Waals surface area contributed by atoms with Crippen molar-refractivity contribution in [1.29, 1.82) is 0 Å². The maximum absolute atomic E-state index is 12.7. The standard InChI is InChI=1S/C16H24N2OS/c1-4-12-16(19)18(13-7-5-6-10(13)2)15(17-12)14-9-8-11(3)20-14/h8-10,12-13,15,17H,4-7H2,1-3H3. The van der Waals surface area contributed by atoms with Crippen LogP contribution < -0.4 is 5.32 Å². The van der Waals surface area contributed by atoms with Crippen molar-refractivity contribution < 1.29 is 4.79 Å². The molecule has 3 nitrogen and oxygen atoms in total. The SMILES string of the molecule is CCC1NC(c2ccc(C)s2)N(C2CCCC2C)C1=O. The summed E-state index contributed by atoms with van der Waals surface area (Å²) < 4.78 is 0. The van der Waals surface area contributed by atoms with Gasteiger partial charge in [0, 0.05) is 15.8 Å². The number of amides is 1. The number of aryl methyl sites for hydroxylation is 1. The van der Waals surface area contributed by atoms with E-state index >= 15 is 0 Å². The summed E-state index contributed by atoms with van der Waals surface area (Å²) in [5.41, 5.74) is 0. The number of carbonyl (C=O) groups is 1. The van der Waals surface area contributed by atoms with Crippen LogP contribution in [0.5, 0.6) is 0 Å². The number of nitrogens with one attached hydrogen (secondary N) is 1. The molecule has 2 aliphatic rings. The molecule has 1 saturated carbocycles. The number of nitrogens with zero attached hydrogens (tertiary/aromatic N) is 1. The quantitative estimate of drug-likeness (QED) is 0.925. The maximum atomic E-state index is 12.7. The molecule has 0 bridgehead atoms. The molecular weight excluding hydrogens is 268 g/mol. The number of carbonyl (C=O) groups excluding carboxylic acids is 1. The smallest absolute Gasteiger partial charge is 0.241 e. The van der Waals surface area contributed by atoms with E-state index in [0.29, 0.717) is 17.9 Å². The Morgan fingerprint density at radius 2 is 2.20 bits per heavy atom. The highest BCUT2D eigenvalue weighted by molar-refractivity contribution is 7.12. The monoisotopic (exact) mass is 292 g/mol. The Kier molecular flexibility index (Phi) is 3.87. The van der Waals surface area contributed by atoms with E-state index < -0.39 is 0 Å². The minimum absolute atomic E-state index is 0.00444. The van der Waals surface area contributed by atoms with E-state index in [1.165, 1.54) is 22.6 Å². The number of rotatable bonds is 3. The molecule has 110 valence electrons. The Morgan fingerprint density at radius 3 is 2.75 bits per heavy atom. The highest BCUT2D eigenvalue weighted by Gasteiger charge is 2.45. The van der Waals surface area contributed by atoms with Crippen LogP contribution in [0.3, 0.4) is 0 Å². The van der Waals surface area contributed by atoms with E-state index in [4.69, 9.17) is 0 Å². The second kappa shape index (κ2) is 5.49. The zero-order valence-electron chi connectivity index (χ0n) is 12.6. The lowest BCUT2D eigenvalue weighted by Gasteiger charge is -2.32. The number of thiophene rings is 1. The molecule has 20 heavy (non-hydrogen) atoms. The molecule has 0 spiro atoms. The summed E-state index contributed by atoms with van der Waals surface area (Å²) in [5.74, 6) is 0.933. The molecule has 1 amide bonds. The van der Waals surface area contributed by atoms with Crippen LogP contribution in [0.25, 0.3) is 0 Å². The van der Waals surface area contributed by atoms with Gasteiger partial charge in [0.2, 0.25) is 5.91 Å². The van der Waals surface area contributed by atoms with E-state index in [2.05, 4.69) is 43.1 Å². The summed E-state index contributed by atoms with van der Waals surface area (Å²) in [6, 6.07) is 4.74. The Bertz CT molecular complexity index is 498. The molecule has 1 aliphatic carbocycles. The van der Waals surface area contributed by atoms with Crippen LogP contribution in [0.2, 0.25) is 0 Å². The van der Waals surface area contributed by atoms with Crippen molar-refractivity contribution in [1.82, 2.24) is 10.2 Å². The normalized spacial score (nSPS) is 34.1. The molecule has 1 aromatic heterocycles. The Hall–Kier alpha value is -0.870. The molecule has 0 radical (unpaired) electrons. The minimum atomic E-state index is -0.00444. The average Bonchev–Trinajstić information content (AvgIpc) is 3.09. The third-order valence-electron chi connectivity index (χ3n) is 4.80. The fraction of sp³-hybridized carbons (Fsp3) is 0.688. The van der Waals surface area contributed by atoms with Gasteiger partial charge in [0.05, 0.1) is 6.04 Å². The van der Waals surface area contributed by atoms with Gasteiger partial charge in [-0.15, -0.1) is 11.3 Å². The van der Waals surface area contributed by atoms with Crippen molar-refractivity contribution >= 4 is 17.2 Å². The summed E-state index contributed by atoms with van der Waals surface area (Å²) in [5, 5.41) is 3.55. The topological polar surface area (TPSA) is 32.3 Å². The molecule has 2 heterocycles. The molecule has 4 heteroatoms. The molecule has 4 atom stereocenters. The Balaban J connectivity index is 1.91. The van der Waals surface area contributed by atoms with Gasteiger partial charge in [-0.3, -0.25) is 10.1 Å². The predicted molar refractivity (Wildman–Crippen MR) is 82.7 cm³/mol. The van der Waals surface area contributed by atoms with E-state index in [1.807, 2.05) is 0 Å². The van der Waals surface area contributed by atoms with Crippen LogP contribution in [0.1, 0.15) is 55.5 Å². The third-order valence-corrected chi connectivity index (χ3v) is 5.86.